The number of amides is 2. The van der Waals surface area contributed by atoms with E-state index < -0.39 is 23.9 Å². The highest BCUT2D eigenvalue weighted by Crippen LogP contribution is 2.29. The number of allylic oxidation sites excluding steroid dienone is 1. The average molecular weight is 354 g/mol. The van der Waals surface area contributed by atoms with E-state index in [1.54, 1.807) is 19.1 Å². The maximum absolute atomic E-state index is 14.2. The summed E-state index contributed by atoms with van der Waals surface area (Å²) >= 11 is 0. The van der Waals surface area contributed by atoms with Crippen molar-refractivity contribution in [2.75, 3.05) is 0 Å². The van der Waals surface area contributed by atoms with E-state index >= 15 is 0 Å². The second kappa shape index (κ2) is 7.39. The van der Waals surface area contributed by atoms with Crippen LogP contribution in [0.3, 0.4) is 0 Å². The second-order valence-corrected chi connectivity index (χ2v) is 6.15. The first kappa shape index (κ1) is 17.7. The van der Waals surface area contributed by atoms with Gasteiger partial charge in [0.2, 0.25) is 0 Å². The third kappa shape index (κ3) is 3.74. The van der Waals surface area contributed by atoms with E-state index in [2.05, 4.69) is 10.6 Å². The van der Waals surface area contributed by atoms with Gasteiger partial charge in [-0.1, -0.05) is 48.0 Å². The Balaban J connectivity index is 1.85. The number of urea groups is 1. The maximum atomic E-state index is 14.2. The number of hydrogen-bond donors (Lipinski definition) is 2. The number of benzene rings is 2. The van der Waals surface area contributed by atoms with Gasteiger partial charge in [-0.25, -0.2) is 14.0 Å². The van der Waals surface area contributed by atoms with Gasteiger partial charge in [0.25, 0.3) is 0 Å². The minimum absolute atomic E-state index is 0.0911. The number of esters is 1. The van der Waals surface area contributed by atoms with E-state index in [4.69, 9.17) is 4.74 Å². The predicted molar refractivity (Wildman–Crippen MR) is 94.5 cm³/mol. The van der Waals surface area contributed by atoms with Crippen molar-refractivity contribution in [3.8, 4) is 0 Å². The molecular weight excluding hydrogens is 335 g/mol. The maximum Gasteiger partial charge on any atom is 0.338 e. The van der Waals surface area contributed by atoms with E-state index in [1.165, 1.54) is 12.1 Å². The number of halogens is 1. The van der Waals surface area contributed by atoms with Gasteiger partial charge in [-0.15, -0.1) is 0 Å². The van der Waals surface area contributed by atoms with Gasteiger partial charge in [-0.3, -0.25) is 0 Å². The summed E-state index contributed by atoms with van der Waals surface area (Å²) in [7, 11) is 0. The molecule has 2 amide bonds. The summed E-state index contributed by atoms with van der Waals surface area (Å²) in [5.41, 5.74) is 2.69. The molecule has 2 N–H and O–H groups in total. The Kier molecular flexibility index (Phi) is 5.02. The summed E-state index contributed by atoms with van der Waals surface area (Å²) in [6.07, 6.45) is 0. The van der Waals surface area contributed by atoms with Crippen LogP contribution >= 0.6 is 0 Å². The van der Waals surface area contributed by atoms with Gasteiger partial charge in [0.15, 0.2) is 0 Å². The number of ether oxygens (including phenoxy) is 1. The number of carbonyl (C=O) groups is 2. The highest BCUT2D eigenvalue weighted by Gasteiger charge is 2.33. The number of nitrogens with one attached hydrogen (secondary N) is 2. The van der Waals surface area contributed by atoms with Crippen molar-refractivity contribution in [1.29, 1.82) is 0 Å². The zero-order valence-corrected chi connectivity index (χ0v) is 14.5. The van der Waals surface area contributed by atoms with Crippen LogP contribution in [0, 0.1) is 12.7 Å². The summed E-state index contributed by atoms with van der Waals surface area (Å²) in [6, 6.07) is 12.2. The molecule has 0 aromatic heterocycles. The summed E-state index contributed by atoms with van der Waals surface area (Å²) in [5.74, 6) is -1.11. The molecule has 1 atom stereocenters. The first-order chi connectivity index (χ1) is 12.5. The van der Waals surface area contributed by atoms with E-state index in [0.717, 1.165) is 11.1 Å². The quantitative estimate of drug-likeness (QED) is 0.826. The molecule has 134 valence electrons. The summed E-state index contributed by atoms with van der Waals surface area (Å²) in [6.45, 7) is 3.65. The van der Waals surface area contributed by atoms with Crippen LogP contribution in [-0.2, 0) is 16.1 Å². The first-order valence-corrected chi connectivity index (χ1v) is 8.21. The van der Waals surface area contributed by atoms with E-state index in [1.807, 2.05) is 31.2 Å². The van der Waals surface area contributed by atoms with Crippen LogP contribution in [0.1, 0.15) is 29.7 Å². The molecule has 0 fully saturated rings. The molecule has 0 saturated heterocycles. The molecule has 1 heterocycles. The van der Waals surface area contributed by atoms with Gasteiger partial charge in [0.1, 0.15) is 12.4 Å². The fourth-order valence-electron chi connectivity index (χ4n) is 2.82. The fraction of sp³-hybridized carbons (Fsp3) is 0.200. The van der Waals surface area contributed by atoms with Crippen molar-refractivity contribution < 1.29 is 18.7 Å². The molecule has 3 rings (SSSR count). The van der Waals surface area contributed by atoms with Gasteiger partial charge >= 0.3 is 12.0 Å². The number of carbonyl (C=O) groups excluding carboxylic acids is 2. The van der Waals surface area contributed by atoms with Crippen molar-refractivity contribution in [1.82, 2.24) is 10.6 Å². The number of rotatable bonds is 4. The highest BCUT2D eigenvalue weighted by atomic mass is 19.1. The number of hydrogen-bond acceptors (Lipinski definition) is 3. The normalized spacial score (nSPS) is 16.7. The van der Waals surface area contributed by atoms with Crippen molar-refractivity contribution in [2.24, 2.45) is 0 Å². The lowest BCUT2D eigenvalue weighted by atomic mass is 9.95. The third-order valence-corrected chi connectivity index (χ3v) is 4.20. The topological polar surface area (TPSA) is 67.4 Å². The van der Waals surface area contributed by atoms with Gasteiger partial charge in [-0.2, -0.15) is 0 Å². The zero-order chi connectivity index (χ0) is 18.7. The molecule has 1 aliphatic heterocycles. The molecule has 2 aromatic rings. The largest absolute Gasteiger partial charge is 0.457 e. The molecule has 5 nitrogen and oxygen atoms in total. The van der Waals surface area contributed by atoms with Crippen LogP contribution in [0.15, 0.2) is 59.8 Å². The van der Waals surface area contributed by atoms with Gasteiger partial charge in [0, 0.05) is 11.3 Å². The molecule has 26 heavy (non-hydrogen) atoms. The van der Waals surface area contributed by atoms with Crippen LogP contribution < -0.4 is 10.6 Å². The zero-order valence-electron chi connectivity index (χ0n) is 14.5. The molecular formula is C20H19FN2O3. The Hall–Kier alpha value is -3.15. The number of aryl methyl sites for hydroxylation is 1. The minimum Gasteiger partial charge on any atom is -0.457 e. The Morgan fingerprint density at radius 2 is 1.81 bits per heavy atom. The van der Waals surface area contributed by atoms with Crippen LogP contribution in [-0.4, -0.2) is 12.0 Å². The molecule has 0 bridgehead atoms. The van der Waals surface area contributed by atoms with Crippen LogP contribution in [0.2, 0.25) is 0 Å². The Morgan fingerprint density at radius 1 is 1.12 bits per heavy atom. The van der Waals surface area contributed by atoms with Crippen LogP contribution in [0.25, 0.3) is 0 Å². The summed E-state index contributed by atoms with van der Waals surface area (Å²) in [5, 5.41) is 5.13. The van der Waals surface area contributed by atoms with Crippen molar-refractivity contribution >= 4 is 12.0 Å². The average Bonchev–Trinajstić information content (AvgIpc) is 2.61. The van der Waals surface area contributed by atoms with Crippen molar-refractivity contribution in [2.45, 2.75) is 26.5 Å². The van der Waals surface area contributed by atoms with Crippen molar-refractivity contribution in [3.63, 3.8) is 0 Å². The molecule has 2 aromatic carbocycles. The smallest absolute Gasteiger partial charge is 0.338 e. The van der Waals surface area contributed by atoms with E-state index in [-0.39, 0.29) is 17.7 Å². The van der Waals surface area contributed by atoms with Gasteiger partial charge < -0.3 is 15.4 Å². The minimum atomic E-state index is -0.907. The second-order valence-electron chi connectivity index (χ2n) is 6.15. The van der Waals surface area contributed by atoms with E-state index in [9.17, 15) is 14.0 Å². The van der Waals surface area contributed by atoms with E-state index in [0.29, 0.717) is 5.70 Å². The third-order valence-electron chi connectivity index (χ3n) is 4.20. The van der Waals surface area contributed by atoms with Gasteiger partial charge in [-0.05, 0) is 25.5 Å². The summed E-state index contributed by atoms with van der Waals surface area (Å²) < 4.78 is 19.6. The highest BCUT2D eigenvalue weighted by molar-refractivity contribution is 5.95. The lowest BCUT2D eigenvalue weighted by molar-refractivity contribution is -0.140. The molecule has 0 saturated carbocycles. The SMILES string of the molecule is CC1=C(C(=O)OCc2ccc(C)cc2)[C@H](c2ccccc2F)NC(=O)N1. The predicted octanol–water partition coefficient (Wildman–Crippen LogP) is 3.51. The molecule has 0 radical (unpaired) electrons. The first-order valence-electron chi connectivity index (χ1n) is 8.21. The lowest BCUT2D eigenvalue weighted by Gasteiger charge is -2.28. The summed E-state index contributed by atoms with van der Waals surface area (Å²) in [4.78, 5) is 24.5. The molecule has 0 spiro atoms. The molecule has 0 aliphatic carbocycles. The van der Waals surface area contributed by atoms with Crippen LogP contribution in [0.4, 0.5) is 9.18 Å². The lowest BCUT2D eigenvalue weighted by Crippen LogP contribution is -2.45. The van der Waals surface area contributed by atoms with Crippen LogP contribution in [0.5, 0.6) is 0 Å². The molecule has 0 unspecified atom stereocenters. The fourth-order valence-corrected chi connectivity index (χ4v) is 2.82. The Labute approximate surface area is 150 Å². The molecule has 1 aliphatic rings. The molecule has 6 heteroatoms. The Bertz CT molecular complexity index is 875. The standard InChI is InChI=1S/C20H19FN2O3/c1-12-7-9-14(10-8-12)11-26-19(24)17-13(2)22-20(25)23-18(17)15-5-3-4-6-16(15)21/h3-10,18H,11H2,1-2H3,(H2,22,23,25)/t18-/m0/s1. The van der Waals surface area contributed by atoms with Gasteiger partial charge in [0.05, 0.1) is 11.6 Å². The Morgan fingerprint density at radius 3 is 2.50 bits per heavy atom. The van der Waals surface area contributed by atoms with Crippen molar-refractivity contribution in [3.05, 3.63) is 82.3 Å². The monoisotopic (exact) mass is 354 g/mol.